The Morgan fingerprint density at radius 3 is 2.47 bits per heavy atom. The number of quaternary nitrogens is 1. The van der Waals surface area contributed by atoms with Gasteiger partial charge in [-0.25, -0.2) is 0 Å². The van der Waals surface area contributed by atoms with Crippen LogP contribution in [0.25, 0.3) is 0 Å². The Balaban J connectivity index is 1.24. The van der Waals surface area contributed by atoms with Crippen molar-refractivity contribution in [3.63, 3.8) is 0 Å². The number of piperidine rings is 1. The molecule has 3 N–H and O–H groups in total. The lowest BCUT2D eigenvalue weighted by Crippen LogP contribution is -2.93. The Morgan fingerprint density at radius 2 is 1.77 bits per heavy atom. The molecule has 0 unspecified atom stereocenters. The Labute approximate surface area is 177 Å². The Kier molecular flexibility index (Phi) is 6.33. The molecule has 158 valence electrons. The van der Waals surface area contributed by atoms with Crippen LogP contribution in [0.3, 0.4) is 0 Å². The number of fused-ring (bicyclic) bond motifs is 1. The topological polar surface area (TPSA) is 75.2 Å². The highest BCUT2D eigenvalue weighted by molar-refractivity contribution is 5.82. The van der Waals surface area contributed by atoms with Crippen molar-refractivity contribution in [2.75, 3.05) is 20.2 Å². The van der Waals surface area contributed by atoms with E-state index in [-0.39, 0.29) is 23.8 Å². The minimum absolute atomic E-state index is 0.0247. The maximum Gasteiger partial charge on any atom is 0.281 e. The third kappa shape index (κ3) is 4.65. The van der Waals surface area contributed by atoms with Gasteiger partial charge in [-0.3, -0.25) is 9.59 Å². The van der Waals surface area contributed by atoms with Crippen LogP contribution in [0.1, 0.15) is 29.5 Å². The molecule has 4 rings (SSSR count). The van der Waals surface area contributed by atoms with Crippen molar-refractivity contribution >= 4 is 11.8 Å². The molecule has 2 amide bonds. The van der Waals surface area contributed by atoms with Crippen molar-refractivity contribution in [3.8, 4) is 5.75 Å². The van der Waals surface area contributed by atoms with Gasteiger partial charge in [-0.1, -0.05) is 36.4 Å². The highest BCUT2D eigenvalue weighted by Gasteiger charge is 2.34. The summed E-state index contributed by atoms with van der Waals surface area (Å²) in [5.41, 5.74) is 3.66. The van der Waals surface area contributed by atoms with E-state index in [1.54, 1.807) is 7.11 Å². The second-order valence-electron chi connectivity index (χ2n) is 8.18. The second kappa shape index (κ2) is 9.30. The first-order valence-corrected chi connectivity index (χ1v) is 10.7. The second-order valence-corrected chi connectivity index (χ2v) is 8.18. The maximum atomic E-state index is 13.0. The van der Waals surface area contributed by atoms with Gasteiger partial charge in [0.15, 0.2) is 6.04 Å². The van der Waals surface area contributed by atoms with Crippen molar-refractivity contribution in [1.82, 2.24) is 10.2 Å². The largest absolute Gasteiger partial charge is 0.497 e. The van der Waals surface area contributed by atoms with E-state index in [0.717, 1.165) is 37.1 Å². The van der Waals surface area contributed by atoms with Crippen LogP contribution in [-0.4, -0.2) is 43.0 Å². The Bertz CT molecular complexity index is 889. The van der Waals surface area contributed by atoms with Gasteiger partial charge in [-0.15, -0.1) is 0 Å². The van der Waals surface area contributed by atoms with Gasteiger partial charge in [0.2, 0.25) is 5.91 Å². The van der Waals surface area contributed by atoms with E-state index in [1.807, 2.05) is 35.2 Å². The molecular weight excluding hydrogens is 378 g/mol. The van der Waals surface area contributed by atoms with Crippen LogP contribution in [0.4, 0.5) is 0 Å². The third-order valence-electron chi connectivity index (χ3n) is 6.30. The molecule has 2 aliphatic rings. The van der Waals surface area contributed by atoms with Gasteiger partial charge in [0.25, 0.3) is 5.91 Å². The van der Waals surface area contributed by atoms with E-state index in [9.17, 15) is 9.59 Å². The van der Waals surface area contributed by atoms with Gasteiger partial charge in [0.1, 0.15) is 12.3 Å². The van der Waals surface area contributed by atoms with Crippen LogP contribution in [0.2, 0.25) is 0 Å². The van der Waals surface area contributed by atoms with Crippen LogP contribution >= 0.6 is 0 Å². The molecule has 1 atom stereocenters. The number of hydrogen-bond donors (Lipinski definition) is 2. The van der Waals surface area contributed by atoms with Gasteiger partial charge in [-0.05, 0) is 36.1 Å². The smallest absolute Gasteiger partial charge is 0.281 e. The number of nitrogens with one attached hydrogen (secondary N) is 1. The van der Waals surface area contributed by atoms with Crippen LogP contribution in [0, 0.1) is 5.92 Å². The van der Waals surface area contributed by atoms with E-state index in [0.29, 0.717) is 19.6 Å². The first-order chi connectivity index (χ1) is 14.6. The number of nitrogens with two attached hydrogens (primary N) is 1. The van der Waals surface area contributed by atoms with Gasteiger partial charge in [-0.2, -0.15) is 0 Å². The lowest BCUT2D eigenvalue weighted by Gasteiger charge is -2.34. The first kappa shape index (κ1) is 20.4. The number of carbonyl (C=O) groups is 2. The molecule has 2 aromatic carbocycles. The summed E-state index contributed by atoms with van der Waals surface area (Å²) >= 11 is 0. The molecule has 6 nitrogen and oxygen atoms in total. The highest BCUT2D eigenvalue weighted by Crippen LogP contribution is 2.20. The highest BCUT2D eigenvalue weighted by atomic mass is 16.5. The summed E-state index contributed by atoms with van der Waals surface area (Å²) < 4.78 is 5.16. The fourth-order valence-electron chi connectivity index (χ4n) is 4.41. The minimum Gasteiger partial charge on any atom is -0.497 e. The van der Waals surface area contributed by atoms with Crippen molar-refractivity contribution in [2.24, 2.45) is 5.92 Å². The van der Waals surface area contributed by atoms with E-state index < -0.39 is 0 Å². The number of ether oxygens (including phenoxy) is 1. The van der Waals surface area contributed by atoms with E-state index in [4.69, 9.17) is 4.74 Å². The van der Waals surface area contributed by atoms with Crippen LogP contribution < -0.4 is 15.4 Å². The molecule has 1 saturated heterocycles. The quantitative estimate of drug-likeness (QED) is 0.782. The molecule has 0 radical (unpaired) electrons. The molecule has 0 aromatic heterocycles. The summed E-state index contributed by atoms with van der Waals surface area (Å²) in [6.07, 6.45) is 2.24. The molecule has 0 saturated carbocycles. The zero-order valence-corrected chi connectivity index (χ0v) is 17.5. The predicted molar refractivity (Wildman–Crippen MR) is 114 cm³/mol. The van der Waals surface area contributed by atoms with Gasteiger partial charge in [0, 0.05) is 37.5 Å². The van der Waals surface area contributed by atoms with E-state index in [1.165, 1.54) is 11.1 Å². The first-order valence-electron chi connectivity index (χ1n) is 10.7. The predicted octanol–water partition coefficient (Wildman–Crippen LogP) is 1.24. The Hall–Kier alpha value is -2.86. The standard InChI is InChI=1S/C24H29N3O3/c1-30-21-8-6-17(7-9-21)15-26-23(28)18-10-12-27(13-11-18)24(29)22-14-19-4-2-3-5-20(19)16-25-22/h2-9,18,22,25H,10-16H2,1H3,(H,26,28)/p+1/t22-/m0/s1. The van der Waals surface area contributed by atoms with Gasteiger partial charge >= 0.3 is 0 Å². The number of methoxy groups -OCH3 is 1. The van der Waals surface area contributed by atoms with Crippen molar-refractivity contribution in [3.05, 3.63) is 65.2 Å². The molecule has 2 aromatic rings. The molecule has 0 spiro atoms. The van der Waals surface area contributed by atoms with Crippen LogP contribution in [-0.2, 0) is 29.1 Å². The summed E-state index contributed by atoms with van der Waals surface area (Å²) in [4.78, 5) is 27.5. The maximum absolute atomic E-state index is 13.0. The number of nitrogens with zero attached hydrogens (tertiary/aromatic N) is 1. The number of rotatable bonds is 5. The zero-order chi connectivity index (χ0) is 20.9. The summed E-state index contributed by atoms with van der Waals surface area (Å²) in [6.45, 7) is 2.69. The van der Waals surface area contributed by atoms with Crippen molar-refractivity contribution in [1.29, 1.82) is 0 Å². The number of amides is 2. The lowest BCUT2D eigenvalue weighted by atomic mass is 9.92. The summed E-state index contributed by atoms with van der Waals surface area (Å²) in [7, 11) is 1.64. The van der Waals surface area contributed by atoms with E-state index in [2.05, 4.69) is 28.8 Å². The molecule has 0 bridgehead atoms. The van der Waals surface area contributed by atoms with Crippen LogP contribution in [0.15, 0.2) is 48.5 Å². The third-order valence-corrected chi connectivity index (χ3v) is 6.30. The minimum atomic E-state index is -0.0413. The molecule has 30 heavy (non-hydrogen) atoms. The van der Waals surface area contributed by atoms with E-state index >= 15 is 0 Å². The van der Waals surface area contributed by atoms with Gasteiger partial charge < -0.3 is 20.3 Å². The number of hydrogen-bond acceptors (Lipinski definition) is 3. The summed E-state index contributed by atoms with van der Waals surface area (Å²) in [6, 6.07) is 16.0. The average Bonchev–Trinajstić information content (AvgIpc) is 2.82. The molecule has 6 heteroatoms. The normalized spacial score (nSPS) is 19.1. The number of benzene rings is 2. The lowest BCUT2D eigenvalue weighted by molar-refractivity contribution is -0.695. The van der Waals surface area contributed by atoms with Crippen molar-refractivity contribution in [2.45, 2.75) is 38.4 Å². The fourth-order valence-corrected chi connectivity index (χ4v) is 4.41. The molecule has 2 aliphatic heterocycles. The number of likely N-dealkylation sites (tertiary alicyclic amines) is 1. The Morgan fingerprint density at radius 1 is 1.07 bits per heavy atom. The SMILES string of the molecule is COc1ccc(CNC(=O)C2CCN(C(=O)[C@@H]3Cc4ccccc4C[NH2+]3)CC2)cc1. The zero-order valence-electron chi connectivity index (χ0n) is 17.5. The van der Waals surface area contributed by atoms with Gasteiger partial charge in [0.05, 0.1) is 7.11 Å². The molecule has 2 heterocycles. The number of carbonyl (C=O) groups excluding carboxylic acids is 2. The fraction of sp³-hybridized carbons (Fsp3) is 0.417. The summed E-state index contributed by atoms with van der Waals surface area (Å²) in [5.74, 6) is 1.07. The molecular formula is C24H30N3O3+. The molecule has 0 aliphatic carbocycles. The monoisotopic (exact) mass is 408 g/mol. The molecule has 1 fully saturated rings. The van der Waals surface area contributed by atoms with Crippen LogP contribution in [0.5, 0.6) is 5.75 Å². The summed E-state index contributed by atoms with van der Waals surface area (Å²) in [5, 5.41) is 5.19. The average molecular weight is 409 g/mol. The van der Waals surface area contributed by atoms with Crippen molar-refractivity contribution < 1.29 is 19.6 Å².